The maximum atomic E-state index is 14.1. The van der Waals surface area contributed by atoms with E-state index in [4.69, 9.17) is 4.74 Å². The first-order chi connectivity index (χ1) is 9.60. The quantitative estimate of drug-likeness (QED) is 0.764. The number of aromatic amines is 1. The van der Waals surface area contributed by atoms with Crippen LogP contribution in [0.3, 0.4) is 0 Å². The predicted molar refractivity (Wildman–Crippen MR) is 77.5 cm³/mol. The number of benzene rings is 2. The Morgan fingerprint density at radius 2 is 1.90 bits per heavy atom. The van der Waals surface area contributed by atoms with Gasteiger partial charge in [0.1, 0.15) is 17.4 Å². The Hall–Kier alpha value is -2.36. The van der Waals surface area contributed by atoms with Crippen molar-refractivity contribution in [1.29, 1.82) is 0 Å². The van der Waals surface area contributed by atoms with Gasteiger partial charge in [-0.05, 0) is 49.2 Å². The second kappa shape index (κ2) is 4.63. The second-order valence-corrected chi connectivity index (χ2v) is 4.86. The van der Waals surface area contributed by atoms with Gasteiger partial charge < -0.3 is 9.72 Å². The lowest BCUT2D eigenvalue weighted by atomic mass is 10.1. The van der Waals surface area contributed by atoms with Gasteiger partial charge in [0.15, 0.2) is 0 Å². The molecule has 102 valence electrons. The molecular weight excluding hydrogens is 255 g/mol. The SMILES string of the molecule is COc1cccc(F)c1-c1nc2cc(C)c(C)cc2[nH]1. The summed E-state index contributed by atoms with van der Waals surface area (Å²) in [7, 11) is 1.52. The lowest BCUT2D eigenvalue weighted by Gasteiger charge is -2.06. The van der Waals surface area contributed by atoms with Crippen molar-refractivity contribution < 1.29 is 9.13 Å². The van der Waals surface area contributed by atoms with E-state index < -0.39 is 0 Å². The number of imidazole rings is 1. The van der Waals surface area contributed by atoms with Gasteiger partial charge in [-0.15, -0.1) is 0 Å². The van der Waals surface area contributed by atoms with Crippen LogP contribution in [0.1, 0.15) is 11.1 Å². The third-order valence-corrected chi connectivity index (χ3v) is 3.53. The van der Waals surface area contributed by atoms with Gasteiger partial charge in [0.25, 0.3) is 0 Å². The number of nitrogens with one attached hydrogen (secondary N) is 1. The van der Waals surface area contributed by atoms with Crippen LogP contribution in [0.25, 0.3) is 22.4 Å². The molecule has 3 rings (SSSR count). The van der Waals surface area contributed by atoms with E-state index in [1.165, 1.54) is 18.7 Å². The second-order valence-electron chi connectivity index (χ2n) is 4.86. The first-order valence-electron chi connectivity index (χ1n) is 6.40. The normalized spacial score (nSPS) is 11.0. The number of aromatic nitrogens is 2. The molecule has 0 spiro atoms. The standard InChI is InChI=1S/C16H15FN2O/c1-9-7-12-13(8-10(9)2)19-16(18-12)15-11(17)5-4-6-14(15)20-3/h4-8H,1-3H3,(H,18,19). The smallest absolute Gasteiger partial charge is 0.145 e. The molecule has 0 atom stereocenters. The van der Waals surface area contributed by atoms with Crippen molar-refractivity contribution in [2.45, 2.75) is 13.8 Å². The molecule has 0 unspecified atom stereocenters. The minimum atomic E-state index is -0.350. The topological polar surface area (TPSA) is 37.9 Å². The van der Waals surface area contributed by atoms with Crippen LogP contribution in [0.15, 0.2) is 30.3 Å². The largest absolute Gasteiger partial charge is 0.496 e. The number of rotatable bonds is 2. The van der Waals surface area contributed by atoms with Crippen LogP contribution >= 0.6 is 0 Å². The van der Waals surface area contributed by atoms with Crippen molar-refractivity contribution in [2.24, 2.45) is 0 Å². The predicted octanol–water partition coefficient (Wildman–Crippen LogP) is 3.99. The number of nitrogens with zero attached hydrogens (tertiary/aromatic N) is 1. The molecule has 0 radical (unpaired) electrons. The first-order valence-corrected chi connectivity index (χ1v) is 6.40. The Kier molecular flexibility index (Phi) is 2.93. The molecular formula is C16H15FN2O. The average Bonchev–Trinajstić information content (AvgIpc) is 2.81. The Morgan fingerprint density at radius 3 is 2.65 bits per heavy atom. The average molecular weight is 270 g/mol. The maximum absolute atomic E-state index is 14.1. The van der Waals surface area contributed by atoms with Gasteiger partial charge >= 0.3 is 0 Å². The number of ether oxygens (including phenoxy) is 1. The third kappa shape index (κ3) is 1.93. The van der Waals surface area contributed by atoms with Gasteiger partial charge in [-0.3, -0.25) is 0 Å². The van der Waals surface area contributed by atoms with Crippen molar-refractivity contribution >= 4 is 11.0 Å². The van der Waals surface area contributed by atoms with E-state index in [1.807, 2.05) is 26.0 Å². The van der Waals surface area contributed by atoms with E-state index in [-0.39, 0.29) is 5.82 Å². The van der Waals surface area contributed by atoms with Crippen LogP contribution < -0.4 is 4.74 Å². The molecule has 3 aromatic rings. The highest BCUT2D eigenvalue weighted by molar-refractivity contribution is 5.82. The summed E-state index contributed by atoms with van der Waals surface area (Å²) in [6.45, 7) is 4.08. The molecule has 3 nitrogen and oxygen atoms in total. The van der Waals surface area contributed by atoms with Crippen LogP contribution in [-0.4, -0.2) is 17.1 Å². The van der Waals surface area contributed by atoms with E-state index in [0.29, 0.717) is 17.1 Å². The molecule has 1 aromatic heterocycles. The van der Waals surface area contributed by atoms with Crippen LogP contribution in [-0.2, 0) is 0 Å². The fourth-order valence-corrected chi connectivity index (χ4v) is 2.29. The molecule has 4 heteroatoms. The van der Waals surface area contributed by atoms with Gasteiger partial charge in [0.05, 0.1) is 23.7 Å². The number of halogens is 1. The van der Waals surface area contributed by atoms with Crippen LogP contribution in [0.4, 0.5) is 4.39 Å². The van der Waals surface area contributed by atoms with Crippen molar-refractivity contribution in [1.82, 2.24) is 9.97 Å². The minimum absolute atomic E-state index is 0.350. The van der Waals surface area contributed by atoms with Crippen molar-refractivity contribution in [3.05, 3.63) is 47.3 Å². The molecule has 1 heterocycles. The van der Waals surface area contributed by atoms with Crippen LogP contribution in [0, 0.1) is 19.7 Å². The molecule has 0 bridgehead atoms. The lowest BCUT2D eigenvalue weighted by Crippen LogP contribution is -1.92. The maximum Gasteiger partial charge on any atom is 0.145 e. The number of methoxy groups -OCH3 is 1. The molecule has 0 amide bonds. The lowest BCUT2D eigenvalue weighted by molar-refractivity contribution is 0.413. The molecule has 2 aromatic carbocycles. The highest BCUT2D eigenvalue weighted by atomic mass is 19.1. The highest BCUT2D eigenvalue weighted by Gasteiger charge is 2.15. The van der Waals surface area contributed by atoms with E-state index in [1.54, 1.807) is 12.1 Å². The number of H-pyrrole nitrogens is 1. The Balaban J connectivity index is 2.25. The highest BCUT2D eigenvalue weighted by Crippen LogP contribution is 2.32. The summed E-state index contributed by atoms with van der Waals surface area (Å²) in [5.74, 6) is 0.606. The summed E-state index contributed by atoms with van der Waals surface area (Å²) < 4.78 is 19.3. The molecule has 0 saturated heterocycles. The van der Waals surface area contributed by atoms with Crippen LogP contribution in [0.2, 0.25) is 0 Å². The van der Waals surface area contributed by atoms with Crippen molar-refractivity contribution in [3.63, 3.8) is 0 Å². The fourth-order valence-electron chi connectivity index (χ4n) is 2.29. The summed E-state index contributed by atoms with van der Waals surface area (Å²) >= 11 is 0. The van der Waals surface area contributed by atoms with Gasteiger partial charge in [0.2, 0.25) is 0 Å². The molecule has 0 aliphatic rings. The summed E-state index contributed by atoms with van der Waals surface area (Å²) in [6.07, 6.45) is 0. The van der Waals surface area contributed by atoms with Gasteiger partial charge in [-0.2, -0.15) is 0 Å². The zero-order chi connectivity index (χ0) is 14.3. The monoisotopic (exact) mass is 270 g/mol. The summed E-state index contributed by atoms with van der Waals surface area (Å²) in [4.78, 5) is 7.64. The molecule has 1 N–H and O–H groups in total. The fraction of sp³-hybridized carbons (Fsp3) is 0.188. The van der Waals surface area contributed by atoms with E-state index in [0.717, 1.165) is 16.6 Å². The number of aryl methyl sites for hydroxylation is 2. The van der Waals surface area contributed by atoms with E-state index in [2.05, 4.69) is 9.97 Å². The van der Waals surface area contributed by atoms with E-state index >= 15 is 0 Å². The summed E-state index contributed by atoms with van der Waals surface area (Å²) in [5.41, 5.74) is 4.42. The zero-order valence-electron chi connectivity index (χ0n) is 11.6. The van der Waals surface area contributed by atoms with Crippen LogP contribution in [0.5, 0.6) is 5.75 Å². The molecule has 20 heavy (non-hydrogen) atoms. The molecule has 0 aliphatic heterocycles. The van der Waals surface area contributed by atoms with E-state index in [9.17, 15) is 4.39 Å². The minimum Gasteiger partial charge on any atom is -0.496 e. The molecule has 0 aliphatic carbocycles. The Bertz CT molecular complexity index is 754. The number of fused-ring (bicyclic) bond motifs is 1. The number of hydrogen-bond donors (Lipinski definition) is 1. The zero-order valence-corrected chi connectivity index (χ0v) is 11.6. The Morgan fingerprint density at radius 1 is 1.15 bits per heavy atom. The number of hydrogen-bond acceptors (Lipinski definition) is 2. The Labute approximate surface area is 116 Å². The molecule has 0 fully saturated rings. The summed E-state index contributed by atoms with van der Waals surface area (Å²) in [5, 5.41) is 0. The van der Waals surface area contributed by atoms with Gasteiger partial charge in [-0.25, -0.2) is 9.37 Å². The first kappa shape index (κ1) is 12.7. The van der Waals surface area contributed by atoms with Crippen molar-refractivity contribution in [2.75, 3.05) is 7.11 Å². The van der Waals surface area contributed by atoms with Crippen molar-refractivity contribution in [3.8, 4) is 17.1 Å². The third-order valence-electron chi connectivity index (χ3n) is 3.53. The van der Waals surface area contributed by atoms with Gasteiger partial charge in [-0.1, -0.05) is 6.07 Å². The molecule has 0 saturated carbocycles. The summed E-state index contributed by atoms with van der Waals surface area (Å²) in [6, 6.07) is 8.77. The van der Waals surface area contributed by atoms with Gasteiger partial charge in [0, 0.05) is 0 Å².